The first-order valence-corrected chi connectivity index (χ1v) is 7.02. The van der Waals surface area contributed by atoms with E-state index in [1.165, 1.54) is 4.90 Å². The van der Waals surface area contributed by atoms with Crippen LogP contribution in [0.2, 0.25) is 0 Å². The molecule has 4 heteroatoms. The van der Waals surface area contributed by atoms with Gasteiger partial charge >= 0.3 is 0 Å². The summed E-state index contributed by atoms with van der Waals surface area (Å²) in [6.07, 6.45) is 2.72. The number of benzene rings is 1. The molecule has 1 aliphatic heterocycles. The van der Waals surface area contributed by atoms with Crippen molar-refractivity contribution in [3.63, 3.8) is 0 Å². The molecule has 0 bridgehead atoms. The summed E-state index contributed by atoms with van der Waals surface area (Å²) in [5, 5.41) is 0. The van der Waals surface area contributed by atoms with Crippen LogP contribution in [-0.2, 0) is 9.59 Å². The first-order chi connectivity index (χ1) is 8.58. The summed E-state index contributed by atoms with van der Waals surface area (Å²) in [6.45, 7) is 1.96. The van der Waals surface area contributed by atoms with E-state index in [1.807, 2.05) is 25.1 Å². The largest absolute Gasteiger partial charge is 0.274 e. The standard InChI is InChI=1S/C14H14BrNO2/c1-8-5-9(15)7-10(6-8)16-13(17)11-3-2-4-12(11)14(16)18/h5-7,11-12H,2-4H2,1H3. The number of aryl methyl sites for hydroxylation is 1. The van der Waals surface area contributed by atoms with Gasteiger partial charge in [-0.3, -0.25) is 14.5 Å². The number of carbonyl (C=O) groups excluding carboxylic acids is 2. The highest BCUT2D eigenvalue weighted by molar-refractivity contribution is 9.10. The summed E-state index contributed by atoms with van der Waals surface area (Å²) in [5.74, 6) is -0.173. The smallest absolute Gasteiger partial charge is 0.237 e. The van der Waals surface area contributed by atoms with Gasteiger partial charge in [-0.1, -0.05) is 22.4 Å². The lowest BCUT2D eigenvalue weighted by molar-refractivity contribution is -0.122. The van der Waals surface area contributed by atoms with Crippen molar-refractivity contribution in [1.82, 2.24) is 0 Å². The zero-order valence-electron chi connectivity index (χ0n) is 10.1. The number of hydrogen-bond acceptors (Lipinski definition) is 2. The average Bonchev–Trinajstić information content (AvgIpc) is 2.83. The predicted molar refractivity (Wildman–Crippen MR) is 72.2 cm³/mol. The Bertz CT molecular complexity index is 498. The highest BCUT2D eigenvalue weighted by atomic mass is 79.9. The third kappa shape index (κ3) is 1.70. The van der Waals surface area contributed by atoms with Crippen LogP contribution in [0.1, 0.15) is 24.8 Å². The van der Waals surface area contributed by atoms with Crippen molar-refractivity contribution in [3.8, 4) is 0 Å². The lowest BCUT2D eigenvalue weighted by Crippen LogP contribution is -2.31. The summed E-state index contributed by atoms with van der Waals surface area (Å²) in [5.41, 5.74) is 1.74. The quantitative estimate of drug-likeness (QED) is 0.748. The molecule has 0 aromatic heterocycles. The minimum absolute atomic E-state index is 0.0139. The Morgan fingerprint density at radius 3 is 2.28 bits per heavy atom. The van der Waals surface area contributed by atoms with Crippen LogP contribution in [0, 0.1) is 18.8 Å². The normalized spacial score (nSPS) is 26.9. The van der Waals surface area contributed by atoms with Gasteiger partial charge in [0.15, 0.2) is 0 Å². The molecule has 1 heterocycles. The van der Waals surface area contributed by atoms with E-state index in [2.05, 4.69) is 15.9 Å². The van der Waals surface area contributed by atoms with Gasteiger partial charge in [0.25, 0.3) is 0 Å². The number of rotatable bonds is 1. The summed E-state index contributed by atoms with van der Waals surface area (Å²) >= 11 is 3.41. The van der Waals surface area contributed by atoms with E-state index in [4.69, 9.17) is 0 Å². The van der Waals surface area contributed by atoms with Crippen molar-refractivity contribution in [2.24, 2.45) is 11.8 Å². The molecule has 0 spiro atoms. The number of hydrogen-bond donors (Lipinski definition) is 0. The summed E-state index contributed by atoms with van der Waals surface area (Å²) in [6, 6.07) is 5.70. The SMILES string of the molecule is Cc1cc(Br)cc(N2C(=O)C3CCCC3C2=O)c1. The van der Waals surface area contributed by atoms with Crippen LogP contribution in [-0.4, -0.2) is 11.8 Å². The molecule has 1 aromatic rings. The van der Waals surface area contributed by atoms with Crippen LogP contribution in [0.3, 0.4) is 0 Å². The Balaban J connectivity index is 2.02. The third-order valence-electron chi connectivity index (χ3n) is 3.88. The van der Waals surface area contributed by atoms with Gasteiger partial charge in [-0.25, -0.2) is 0 Å². The van der Waals surface area contributed by atoms with Crippen molar-refractivity contribution < 1.29 is 9.59 Å². The minimum Gasteiger partial charge on any atom is -0.274 e. The van der Waals surface area contributed by atoms with Crippen LogP contribution in [0.15, 0.2) is 22.7 Å². The summed E-state index contributed by atoms with van der Waals surface area (Å²) in [7, 11) is 0. The van der Waals surface area contributed by atoms with E-state index in [9.17, 15) is 9.59 Å². The molecule has 1 aliphatic carbocycles. The van der Waals surface area contributed by atoms with Crippen molar-refractivity contribution in [2.45, 2.75) is 26.2 Å². The fourth-order valence-electron chi connectivity index (χ4n) is 3.09. The van der Waals surface area contributed by atoms with E-state index in [-0.39, 0.29) is 23.7 Å². The molecular weight excluding hydrogens is 294 g/mol. The Morgan fingerprint density at radius 2 is 1.72 bits per heavy atom. The number of halogens is 1. The van der Waals surface area contributed by atoms with E-state index in [0.717, 1.165) is 29.3 Å². The van der Waals surface area contributed by atoms with Crippen LogP contribution >= 0.6 is 15.9 Å². The molecule has 94 valence electrons. The van der Waals surface area contributed by atoms with Crippen molar-refractivity contribution in [1.29, 1.82) is 0 Å². The topological polar surface area (TPSA) is 37.4 Å². The molecule has 1 aromatic carbocycles. The van der Waals surface area contributed by atoms with Gasteiger partial charge in [0, 0.05) is 4.47 Å². The highest BCUT2D eigenvalue weighted by Crippen LogP contribution is 2.42. The van der Waals surface area contributed by atoms with Crippen molar-refractivity contribution in [2.75, 3.05) is 4.90 Å². The van der Waals surface area contributed by atoms with Gasteiger partial charge in [-0.2, -0.15) is 0 Å². The highest BCUT2D eigenvalue weighted by Gasteiger charge is 2.50. The van der Waals surface area contributed by atoms with Crippen molar-refractivity contribution in [3.05, 3.63) is 28.2 Å². The third-order valence-corrected chi connectivity index (χ3v) is 4.33. The Labute approximate surface area is 114 Å². The molecule has 18 heavy (non-hydrogen) atoms. The Kier molecular flexibility index (Phi) is 2.77. The van der Waals surface area contributed by atoms with Gasteiger partial charge in [0.2, 0.25) is 11.8 Å². The van der Waals surface area contributed by atoms with E-state index >= 15 is 0 Å². The lowest BCUT2D eigenvalue weighted by atomic mass is 10.00. The van der Waals surface area contributed by atoms with Crippen LogP contribution in [0.4, 0.5) is 5.69 Å². The maximum absolute atomic E-state index is 12.3. The first-order valence-electron chi connectivity index (χ1n) is 6.23. The second-order valence-electron chi connectivity index (χ2n) is 5.14. The van der Waals surface area contributed by atoms with Crippen LogP contribution in [0.25, 0.3) is 0 Å². The minimum atomic E-state index is -0.0724. The molecule has 2 atom stereocenters. The number of carbonyl (C=O) groups is 2. The zero-order chi connectivity index (χ0) is 12.9. The molecule has 2 amide bonds. The van der Waals surface area contributed by atoms with Gasteiger partial charge in [0.05, 0.1) is 17.5 Å². The van der Waals surface area contributed by atoms with Gasteiger partial charge in [-0.15, -0.1) is 0 Å². The van der Waals surface area contributed by atoms with Crippen molar-refractivity contribution >= 4 is 33.4 Å². The number of nitrogens with zero attached hydrogens (tertiary/aromatic N) is 1. The number of imide groups is 1. The maximum Gasteiger partial charge on any atom is 0.237 e. The second-order valence-corrected chi connectivity index (χ2v) is 6.06. The van der Waals surface area contributed by atoms with E-state index < -0.39 is 0 Å². The monoisotopic (exact) mass is 307 g/mol. The Morgan fingerprint density at radius 1 is 1.11 bits per heavy atom. The van der Waals surface area contributed by atoms with Crippen LogP contribution in [0.5, 0.6) is 0 Å². The lowest BCUT2D eigenvalue weighted by Gasteiger charge is -2.16. The predicted octanol–water partition coefficient (Wildman–Crippen LogP) is 3.05. The average molecular weight is 308 g/mol. The fraction of sp³-hybridized carbons (Fsp3) is 0.429. The van der Waals surface area contributed by atoms with Gasteiger partial charge in [-0.05, 0) is 43.5 Å². The molecule has 0 radical (unpaired) electrons. The second kappa shape index (κ2) is 4.19. The molecule has 2 aliphatic rings. The molecule has 3 nitrogen and oxygen atoms in total. The van der Waals surface area contributed by atoms with E-state index in [1.54, 1.807) is 0 Å². The first kappa shape index (κ1) is 11.9. The fourth-order valence-corrected chi connectivity index (χ4v) is 3.69. The Hall–Kier alpha value is -1.16. The molecular formula is C14H14BrNO2. The zero-order valence-corrected chi connectivity index (χ0v) is 11.7. The number of amides is 2. The van der Waals surface area contributed by atoms with E-state index in [0.29, 0.717) is 5.69 Å². The molecule has 0 N–H and O–H groups in total. The number of anilines is 1. The summed E-state index contributed by atoms with van der Waals surface area (Å²) in [4.78, 5) is 26.0. The number of fused-ring (bicyclic) bond motifs is 1. The molecule has 2 unspecified atom stereocenters. The van der Waals surface area contributed by atoms with Gasteiger partial charge in [0.1, 0.15) is 0 Å². The molecule has 1 saturated heterocycles. The molecule has 2 fully saturated rings. The molecule has 3 rings (SSSR count). The molecule has 1 saturated carbocycles. The van der Waals surface area contributed by atoms with Gasteiger partial charge < -0.3 is 0 Å². The summed E-state index contributed by atoms with van der Waals surface area (Å²) < 4.78 is 0.898. The maximum atomic E-state index is 12.3. The van der Waals surface area contributed by atoms with Crippen LogP contribution < -0.4 is 4.90 Å².